The topological polar surface area (TPSA) is 200 Å². The third kappa shape index (κ3) is 41.5. The van der Waals surface area contributed by atoms with Crippen molar-refractivity contribution in [3.63, 3.8) is 0 Å². The second-order valence-corrected chi connectivity index (χ2v) is 10.1. The molecule has 9 nitrogen and oxygen atoms in total. The number of aldehydes is 1. The molecule has 0 amide bonds. The smallest absolute Gasteiger partial charge is 0.121 e. The molecule has 13 N–H and O–H groups in total. The Kier molecular flexibility index (Phi) is 39.0. The number of aromatic hydroxyl groups is 2. The molecule has 0 aliphatic carbocycles. The molecular weight excluding hydrogens is 641 g/mol. The van der Waals surface area contributed by atoms with Gasteiger partial charge in [0.05, 0.1) is 15.0 Å². The van der Waals surface area contributed by atoms with Crippen LogP contribution in [0.15, 0.2) is 48.5 Å². The number of phenols is 2. The van der Waals surface area contributed by atoms with E-state index >= 15 is 0 Å². The summed E-state index contributed by atoms with van der Waals surface area (Å²) in [6.07, 6.45) is 4.79. The summed E-state index contributed by atoms with van der Waals surface area (Å²) >= 11 is 23.2. The van der Waals surface area contributed by atoms with Crippen LogP contribution >= 0.6 is 61.1 Å². The molecule has 14 heteroatoms. The van der Waals surface area contributed by atoms with Crippen LogP contribution < -0.4 is 34.0 Å². The summed E-state index contributed by atoms with van der Waals surface area (Å²) in [5.74, 6) is 0.496. The van der Waals surface area contributed by atoms with E-state index in [1.165, 1.54) is 0 Å². The van der Waals surface area contributed by atoms with Gasteiger partial charge >= 0.3 is 0 Å². The molecule has 0 aliphatic rings. The predicted octanol–water partition coefficient (Wildman–Crippen LogP) is 4.33. The number of carbonyl (C=O) groups is 1. The Morgan fingerprint density at radius 3 is 1.47 bits per heavy atom. The van der Waals surface area contributed by atoms with Gasteiger partial charge in [0.15, 0.2) is 0 Å². The van der Waals surface area contributed by atoms with Crippen LogP contribution in [0.1, 0.15) is 64.0 Å². The van der Waals surface area contributed by atoms with Gasteiger partial charge in [0, 0.05) is 30.3 Å². The fourth-order valence-corrected chi connectivity index (χ4v) is 2.18. The Labute approximate surface area is 284 Å². The van der Waals surface area contributed by atoms with Crippen LogP contribution in [0.2, 0.25) is 0 Å². The third-order valence-electron chi connectivity index (χ3n) is 4.12. The lowest BCUT2D eigenvalue weighted by molar-refractivity contribution is -0.107. The zero-order valence-electron chi connectivity index (χ0n) is 25.2. The number of carbonyl (C=O) groups excluding carboxylic acids is 1. The van der Waals surface area contributed by atoms with Crippen LogP contribution in [0.5, 0.6) is 11.5 Å². The average molecular weight is 689 g/mol. The molecule has 0 saturated heterocycles. The van der Waals surface area contributed by atoms with Crippen LogP contribution in [0.3, 0.4) is 0 Å². The minimum absolute atomic E-state index is 0.222. The average Bonchev–Trinajstić information content (AvgIpc) is 2.99. The van der Waals surface area contributed by atoms with E-state index in [9.17, 15) is 4.79 Å². The number of hydrogen-bond donors (Lipinski definition) is 8. The zero-order valence-corrected chi connectivity index (χ0v) is 29.2. The van der Waals surface area contributed by atoms with Crippen molar-refractivity contribution in [2.24, 2.45) is 28.7 Å². The molecule has 0 unspecified atom stereocenters. The first-order chi connectivity index (χ1) is 20.3. The van der Waals surface area contributed by atoms with Crippen LogP contribution in [0, 0.1) is 0 Å². The first-order valence-corrected chi connectivity index (χ1v) is 15.4. The Morgan fingerprint density at radius 1 is 0.791 bits per heavy atom. The van der Waals surface area contributed by atoms with E-state index in [1.54, 1.807) is 53.9 Å². The van der Waals surface area contributed by atoms with Gasteiger partial charge in [-0.05, 0) is 74.3 Å². The van der Waals surface area contributed by atoms with Crippen LogP contribution in [0.25, 0.3) is 0 Å². The molecule has 0 radical (unpaired) electrons. The molecule has 2 aromatic carbocycles. The summed E-state index contributed by atoms with van der Waals surface area (Å²) in [7, 11) is 0. The molecule has 0 aromatic heterocycles. The SMILES string of the molecule is CCC(N)=S.CCC(N)=S.CCCN.NC(=S)c1ccc(O)cc1.NCCC(=S)NCCC=O.Oc1ccc(C=S)cc1. The zero-order chi connectivity index (χ0) is 34.1. The second-order valence-electron chi connectivity index (χ2n) is 7.89. The minimum atomic E-state index is 0.222. The standard InChI is InChI=1S/C7H7NOS.C7H6OS.C6H12N2OS.2C3H7NS.C3H9N/c8-7(10)5-1-3-6(9)4-2-5;8-7-3-1-6(5-9)2-4-7;7-3-2-6(10)8-4-1-5-9;2*1-2-3(4)5;1-2-3-4/h1-4,9H,(H2,8,10);1-5,8H;5H,1-4,7H2,(H,8,10);2*2H2,1H3,(H2,4,5);2-4H2,1H3. The lowest BCUT2D eigenvalue weighted by Gasteiger charge is -2.02. The van der Waals surface area contributed by atoms with E-state index in [1.807, 2.05) is 13.8 Å². The van der Waals surface area contributed by atoms with Gasteiger partial charge in [-0.15, -0.1) is 0 Å². The van der Waals surface area contributed by atoms with Crippen LogP contribution in [-0.4, -0.2) is 61.5 Å². The second kappa shape index (κ2) is 35.5. The molecule has 242 valence electrons. The normalized spacial score (nSPS) is 8.49. The van der Waals surface area contributed by atoms with Gasteiger partial charge in [-0.2, -0.15) is 0 Å². The van der Waals surface area contributed by atoms with E-state index in [0.717, 1.165) is 48.2 Å². The van der Waals surface area contributed by atoms with Crippen LogP contribution in [0.4, 0.5) is 0 Å². The lowest BCUT2D eigenvalue weighted by Crippen LogP contribution is -2.24. The van der Waals surface area contributed by atoms with E-state index < -0.39 is 0 Å². The third-order valence-corrected chi connectivity index (χ3v) is 5.56. The van der Waals surface area contributed by atoms with Crippen molar-refractivity contribution >= 4 is 92.7 Å². The van der Waals surface area contributed by atoms with Crippen molar-refractivity contribution in [2.75, 3.05) is 19.6 Å². The molecule has 0 heterocycles. The maximum absolute atomic E-state index is 9.84. The summed E-state index contributed by atoms with van der Waals surface area (Å²) in [6, 6.07) is 13.2. The van der Waals surface area contributed by atoms with E-state index in [0.29, 0.717) is 40.9 Å². The molecule has 0 atom stereocenters. The number of phenolic OH excluding ortho intramolecular Hbond substituents is 2. The molecule has 2 aromatic rings. The lowest BCUT2D eigenvalue weighted by atomic mass is 10.2. The predicted molar refractivity (Wildman–Crippen MR) is 203 cm³/mol. The summed E-state index contributed by atoms with van der Waals surface area (Å²) in [5.41, 5.74) is 27.3. The summed E-state index contributed by atoms with van der Waals surface area (Å²) in [6.45, 7) is 7.93. The molecular formula is C29H48N6O3S5. The number of benzene rings is 2. The molecule has 0 bridgehead atoms. The molecule has 0 saturated carbocycles. The minimum Gasteiger partial charge on any atom is -0.508 e. The van der Waals surface area contributed by atoms with E-state index in [4.69, 9.17) is 63.3 Å². The highest BCUT2D eigenvalue weighted by Crippen LogP contribution is 2.09. The largest absolute Gasteiger partial charge is 0.508 e. The number of thiocarbonyl (C=S) groups is 5. The maximum Gasteiger partial charge on any atom is 0.121 e. The number of nitrogens with one attached hydrogen (secondary N) is 1. The summed E-state index contributed by atoms with van der Waals surface area (Å²) in [5, 5.41) is 22.1. The van der Waals surface area contributed by atoms with Crippen molar-refractivity contribution < 1.29 is 15.0 Å². The highest BCUT2D eigenvalue weighted by atomic mass is 32.1. The fraction of sp³-hybridized carbons (Fsp3) is 0.379. The van der Waals surface area contributed by atoms with Gasteiger partial charge in [0.25, 0.3) is 0 Å². The Hall–Kier alpha value is -2.72. The van der Waals surface area contributed by atoms with Crippen molar-refractivity contribution in [3.8, 4) is 11.5 Å². The molecule has 0 aliphatic heterocycles. The first kappa shape index (κ1) is 47.2. The quantitative estimate of drug-likeness (QED) is 0.0996. The van der Waals surface area contributed by atoms with Gasteiger partial charge in [-0.25, -0.2) is 0 Å². The maximum atomic E-state index is 9.84. The summed E-state index contributed by atoms with van der Waals surface area (Å²) < 4.78 is 0. The fourth-order valence-electron chi connectivity index (χ4n) is 1.67. The first-order valence-electron chi connectivity index (χ1n) is 13.3. The number of rotatable bonds is 10. The molecule has 0 spiro atoms. The van der Waals surface area contributed by atoms with Crippen molar-refractivity contribution in [2.45, 2.75) is 52.9 Å². The van der Waals surface area contributed by atoms with Gasteiger partial charge in [-0.1, -0.05) is 94.0 Å². The molecule has 43 heavy (non-hydrogen) atoms. The Morgan fingerprint density at radius 2 is 1.19 bits per heavy atom. The Bertz CT molecular complexity index is 1010. The van der Waals surface area contributed by atoms with Gasteiger partial charge < -0.3 is 49.0 Å². The van der Waals surface area contributed by atoms with Crippen molar-refractivity contribution in [1.82, 2.24) is 5.32 Å². The van der Waals surface area contributed by atoms with E-state index in [-0.39, 0.29) is 11.5 Å². The summed E-state index contributed by atoms with van der Waals surface area (Å²) in [4.78, 5) is 12.1. The molecule has 2 rings (SSSR count). The van der Waals surface area contributed by atoms with Gasteiger partial charge in [0.1, 0.15) is 22.8 Å². The van der Waals surface area contributed by atoms with Crippen molar-refractivity contribution in [3.05, 3.63) is 59.7 Å². The van der Waals surface area contributed by atoms with Crippen molar-refractivity contribution in [1.29, 1.82) is 0 Å². The van der Waals surface area contributed by atoms with Gasteiger partial charge in [-0.3, -0.25) is 0 Å². The number of nitrogens with two attached hydrogens (primary N) is 5. The molecule has 0 fully saturated rings. The van der Waals surface area contributed by atoms with E-state index in [2.05, 4.69) is 48.9 Å². The highest BCUT2D eigenvalue weighted by molar-refractivity contribution is 7.81. The van der Waals surface area contributed by atoms with Crippen LogP contribution in [-0.2, 0) is 4.79 Å². The van der Waals surface area contributed by atoms with Gasteiger partial charge in [0.2, 0.25) is 0 Å². The number of hydrogen-bond acceptors (Lipinski definition) is 10. The Balaban J connectivity index is -0.000000220. The monoisotopic (exact) mass is 688 g/mol. The highest BCUT2D eigenvalue weighted by Gasteiger charge is 1.93.